The summed E-state index contributed by atoms with van der Waals surface area (Å²) in [5.74, 6) is 0.998. The molecule has 1 saturated heterocycles. The average Bonchev–Trinajstić information content (AvgIpc) is 2.68. The largest absolute Gasteiger partial charge is 0.475 e. The van der Waals surface area contributed by atoms with E-state index in [9.17, 15) is 0 Å². The summed E-state index contributed by atoms with van der Waals surface area (Å²) in [6.07, 6.45) is 6.57. The Morgan fingerprint density at radius 3 is 2.72 bits per heavy atom. The molecule has 2 aromatic rings. The van der Waals surface area contributed by atoms with Crippen LogP contribution in [0.2, 0.25) is 0 Å². The number of piperidine rings is 1. The van der Waals surface area contributed by atoms with Crippen LogP contribution in [-0.2, 0) is 13.0 Å². The number of fused-ring (bicyclic) bond motifs is 3. The van der Waals surface area contributed by atoms with E-state index in [4.69, 9.17) is 4.74 Å². The predicted octanol–water partition coefficient (Wildman–Crippen LogP) is 4.12. The van der Waals surface area contributed by atoms with Gasteiger partial charge >= 0.3 is 0 Å². The molecular weight excluding hydrogens is 310 g/mol. The van der Waals surface area contributed by atoms with E-state index in [2.05, 4.69) is 48.1 Å². The van der Waals surface area contributed by atoms with E-state index in [1.807, 2.05) is 12.3 Å². The molecule has 4 rings (SSSR count). The predicted molar refractivity (Wildman–Crippen MR) is 104 cm³/mol. The van der Waals surface area contributed by atoms with Crippen LogP contribution in [0.4, 0.5) is 0 Å². The van der Waals surface area contributed by atoms with Crippen molar-refractivity contribution >= 4 is 10.9 Å². The van der Waals surface area contributed by atoms with Crippen molar-refractivity contribution in [3.8, 4) is 5.75 Å². The number of aromatic nitrogens is 1. The quantitative estimate of drug-likeness (QED) is 0.892. The number of aryl methyl sites for hydroxylation is 1. The van der Waals surface area contributed by atoms with Gasteiger partial charge in [0.25, 0.3) is 0 Å². The summed E-state index contributed by atoms with van der Waals surface area (Å²) >= 11 is 0. The Labute approximate surface area is 151 Å². The SMILES string of the molecule is CCC.CCc1cc2c(c3ncccc13)OCN(C1CCNCC1)C2. The molecule has 1 aromatic heterocycles. The second-order valence-electron chi connectivity index (χ2n) is 6.99. The van der Waals surface area contributed by atoms with E-state index in [-0.39, 0.29) is 0 Å². The Kier molecular flexibility index (Phi) is 6.27. The van der Waals surface area contributed by atoms with Crippen LogP contribution >= 0.6 is 0 Å². The topological polar surface area (TPSA) is 37.4 Å². The zero-order valence-electron chi connectivity index (χ0n) is 15.8. The minimum absolute atomic E-state index is 0.638. The van der Waals surface area contributed by atoms with Crippen LogP contribution in [0.1, 0.15) is 51.2 Å². The molecule has 2 aliphatic rings. The van der Waals surface area contributed by atoms with Gasteiger partial charge < -0.3 is 10.1 Å². The Morgan fingerprint density at radius 1 is 1.24 bits per heavy atom. The summed E-state index contributed by atoms with van der Waals surface area (Å²) in [4.78, 5) is 7.07. The summed E-state index contributed by atoms with van der Waals surface area (Å²) in [7, 11) is 0. The molecule has 1 aromatic carbocycles. The normalized spacial score (nSPS) is 18.2. The number of nitrogens with one attached hydrogen (secondary N) is 1. The van der Waals surface area contributed by atoms with Gasteiger partial charge in [0.05, 0.1) is 0 Å². The van der Waals surface area contributed by atoms with Crippen molar-refractivity contribution < 1.29 is 4.74 Å². The van der Waals surface area contributed by atoms with Crippen LogP contribution in [0.15, 0.2) is 24.4 Å². The van der Waals surface area contributed by atoms with Gasteiger partial charge in [-0.05, 0) is 44.0 Å². The molecule has 0 aliphatic carbocycles. The van der Waals surface area contributed by atoms with Gasteiger partial charge in [-0.25, -0.2) is 0 Å². The van der Waals surface area contributed by atoms with Crippen LogP contribution < -0.4 is 10.1 Å². The van der Waals surface area contributed by atoms with E-state index < -0.39 is 0 Å². The summed E-state index contributed by atoms with van der Waals surface area (Å²) in [5.41, 5.74) is 3.70. The molecule has 1 N–H and O–H groups in total. The first-order valence-corrected chi connectivity index (χ1v) is 9.75. The third-order valence-corrected chi connectivity index (χ3v) is 4.96. The molecule has 0 unspecified atom stereocenters. The lowest BCUT2D eigenvalue weighted by atomic mass is 9.98. The highest BCUT2D eigenvalue weighted by Crippen LogP contribution is 2.35. The van der Waals surface area contributed by atoms with Crippen molar-refractivity contribution in [2.75, 3.05) is 19.8 Å². The van der Waals surface area contributed by atoms with Crippen LogP contribution in [0.5, 0.6) is 5.75 Å². The molecule has 136 valence electrons. The smallest absolute Gasteiger partial charge is 0.152 e. The van der Waals surface area contributed by atoms with Crippen molar-refractivity contribution in [2.24, 2.45) is 0 Å². The molecule has 4 nitrogen and oxygen atoms in total. The Bertz CT molecular complexity index is 695. The van der Waals surface area contributed by atoms with Crippen molar-refractivity contribution in [3.05, 3.63) is 35.5 Å². The maximum Gasteiger partial charge on any atom is 0.152 e. The lowest BCUT2D eigenvalue weighted by molar-refractivity contribution is 0.0441. The summed E-state index contributed by atoms with van der Waals surface area (Å²) in [5, 5.41) is 4.67. The fraction of sp³-hybridized carbons (Fsp3) is 0.571. The van der Waals surface area contributed by atoms with E-state index in [0.29, 0.717) is 12.8 Å². The molecule has 0 amide bonds. The molecule has 0 atom stereocenters. The van der Waals surface area contributed by atoms with Gasteiger partial charge in [-0.3, -0.25) is 9.88 Å². The first kappa shape index (κ1) is 18.2. The van der Waals surface area contributed by atoms with Gasteiger partial charge in [0.2, 0.25) is 0 Å². The maximum absolute atomic E-state index is 6.15. The van der Waals surface area contributed by atoms with Gasteiger partial charge in [-0.1, -0.05) is 39.3 Å². The van der Waals surface area contributed by atoms with Crippen molar-refractivity contribution in [1.29, 1.82) is 0 Å². The standard InChI is InChI=1S/C18H23N3O.C3H8/c1-2-13-10-14-11-21(15-5-8-19-9-6-15)12-22-18(14)17-16(13)4-3-7-20-17;1-3-2/h3-4,7,10,15,19H,2,5-6,8-9,11-12H2,1H3;3H2,1-2H3. The monoisotopic (exact) mass is 341 g/mol. The molecule has 0 saturated carbocycles. The number of hydrogen-bond donors (Lipinski definition) is 1. The van der Waals surface area contributed by atoms with Gasteiger partial charge in [0.1, 0.15) is 12.2 Å². The third-order valence-electron chi connectivity index (χ3n) is 4.96. The maximum atomic E-state index is 6.15. The van der Waals surface area contributed by atoms with Crippen LogP contribution in [-0.4, -0.2) is 35.7 Å². The first-order chi connectivity index (χ1) is 12.3. The molecule has 1 fully saturated rings. The molecule has 3 heterocycles. The Hall–Kier alpha value is -1.65. The molecule has 2 aliphatic heterocycles. The number of hydrogen-bond acceptors (Lipinski definition) is 4. The van der Waals surface area contributed by atoms with Gasteiger partial charge in [-0.2, -0.15) is 0 Å². The van der Waals surface area contributed by atoms with Gasteiger partial charge in [0, 0.05) is 29.7 Å². The van der Waals surface area contributed by atoms with E-state index in [1.165, 1.54) is 35.8 Å². The van der Waals surface area contributed by atoms with Gasteiger partial charge in [0.15, 0.2) is 5.75 Å². The summed E-state index contributed by atoms with van der Waals surface area (Å²) < 4.78 is 6.15. The van der Waals surface area contributed by atoms with E-state index >= 15 is 0 Å². The first-order valence-electron chi connectivity index (χ1n) is 9.75. The highest BCUT2D eigenvalue weighted by molar-refractivity contribution is 5.89. The number of rotatable bonds is 2. The summed E-state index contributed by atoms with van der Waals surface area (Å²) in [6.45, 7) is 10.4. The van der Waals surface area contributed by atoms with Crippen molar-refractivity contribution in [3.63, 3.8) is 0 Å². The fourth-order valence-corrected chi connectivity index (χ4v) is 3.74. The zero-order valence-corrected chi connectivity index (χ0v) is 15.8. The molecule has 25 heavy (non-hydrogen) atoms. The Balaban J connectivity index is 0.000000569. The zero-order chi connectivity index (χ0) is 17.6. The molecule has 0 radical (unpaired) electrons. The van der Waals surface area contributed by atoms with Crippen molar-refractivity contribution in [2.45, 2.75) is 59.0 Å². The van der Waals surface area contributed by atoms with Gasteiger partial charge in [-0.15, -0.1) is 0 Å². The second kappa shape index (κ2) is 8.63. The molecule has 0 bridgehead atoms. The highest BCUT2D eigenvalue weighted by Gasteiger charge is 2.27. The minimum Gasteiger partial charge on any atom is -0.475 e. The van der Waals surface area contributed by atoms with E-state index in [1.54, 1.807) is 0 Å². The Morgan fingerprint density at radius 2 is 2.00 bits per heavy atom. The summed E-state index contributed by atoms with van der Waals surface area (Å²) in [6, 6.07) is 7.13. The lowest BCUT2D eigenvalue weighted by Gasteiger charge is -2.37. The third kappa shape index (κ3) is 3.96. The average molecular weight is 341 g/mol. The molecular formula is C21H31N3O. The minimum atomic E-state index is 0.638. The van der Waals surface area contributed by atoms with Crippen molar-refractivity contribution in [1.82, 2.24) is 15.2 Å². The van der Waals surface area contributed by atoms with E-state index in [0.717, 1.165) is 37.3 Å². The van der Waals surface area contributed by atoms with Crippen LogP contribution in [0.25, 0.3) is 10.9 Å². The highest BCUT2D eigenvalue weighted by atomic mass is 16.5. The number of benzene rings is 1. The molecule has 4 heteroatoms. The fourth-order valence-electron chi connectivity index (χ4n) is 3.74. The lowest BCUT2D eigenvalue weighted by Crippen LogP contribution is -2.45. The second-order valence-corrected chi connectivity index (χ2v) is 6.99. The number of pyridine rings is 1. The molecule has 0 spiro atoms. The number of ether oxygens (including phenoxy) is 1. The van der Waals surface area contributed by atoms with Crippen LogP contribution in [0, 0.1) is 0 Å². The van der Waals surface area contributed by atoms with Crippen LogP contribution in [0.3, 0.4) is 0 Å². The number of nitrogens with zero attached hydrogens (tertiary/aromatic N) is 2.